The Balaban J connectivity index is 1.06. The van der Waals surface area contributed by atoms with Gasteiger partial charge in [0.15, 0.2) is 6.61 Å². The number of ether oxygens (including phenoxy) is 1. The molecule has 0 spiro atoms. The number of hydrazone groups is 1. The summed E-state index contributed by atoms with van der Waals surface area (Å²) in [5, 5.41) is 6.51. The van der Waals surface area contributed by atoms with Crippen LogP contribution in [0.2, 0.25) is 0 Å². The monoisotopic (exact) mass is 536 g/mol. The first-order chi connectivity index (χ1) is 19.5. The molecular weight excluding hydrogens is 507 g/mol. The molecular formula is C32H29FN4O3. The van der Waals surface area contributed by atoms with E-state index in [-0.39, 0.29) is 18.2 Å². The van der Waals surface area contributed by atoms with Crippen molar-refractivity contribution in [2.75, 3.05) is 18.5 Å². The van der Waals surface area contributed by atoms with Crippen molar-refractivity contribution in [2.24, 2.45) is 5.10 Å². The molecule has 2 amide bonds. The number of anilines is 1. The van der Waals surface area contributed by atoms with E-state index in [4.69, 9.17) is 4.74 Å². The number of benzene rings is 4. The summed E-state index contributed by atoms with van der Waals surface area (Å²) in [5.74, 6) is -0.804. The fourth-order valence-corrected chi connectivity index (χ4v) is 4.49. The molecule has 1 aliphatic rings. The minimum atomic E-state index is -0.511. The number of halogens is 1. The van der Waals surface area contributed by atoms with Crippen LogP contribution >= 0.6 is 0 Å². The van der Waals surface area contributed by atoms with Crippen LogP contribution in [-0.4, -0.2) is 36.1 Å². The Bertz CT molecular complexity index is 1500. The molecule has 5 rings (SSSR count). The van der Waals surface area contributed by atoms with E-state index in [9.17, 15) is 14.0 Å². The molecule has 0 saturated carbocycles. The molecule has 1 heterocycles. The number of hydrogen-bond acceptors (Lipinski definition) is 5. The summed E-state index contributed by atoms with van der Waals surface area (Å²) in [6, 6.07) is 28.9. The molecule has 0 unspecified atom stereocenters. The highest BCUT2D eigenvalue weighted by Gasteiger charge is 2.16. The van der Waals surface area contributed by atoms with Crippen molar-refractivity contribution in [3.8, 4) is 5.75 Å². The topological polar surface area (TPSA) is 83.0 Å². The second-order valence-corrected chi connectivity index (χ2v) is 9.51. The molecule has 4 aromatic carbocycles. The van der Waals surface area contributed by atoms with Crippen LogP contribution in [0.5, 0.6) is 5.75 Å². The lowest BCUT2D eigenvalue weighted by Crippen LogP contribution is -2.30. The van der Waals surface area contributed by atoms with Gasteiger partial charge in [0.1, 0.15) is 11.6 Å². The SMILES string of the molecule is O=C(COc1ccc(/C=N/NC(=O)c2ccc(CN3CCc4ccccc4C3)cc2)cc1)Nc1ccccc1F. The Kier molecular flexibility index (Phi) is 8.58. The molecule has 0 fully saturated rings. The molecule has 0 aromatic heterocycles. The number of carbonyl (C=O) groups is 2. The van der Waals surface area contributed by atoms with Gasteiger partial charge in [0.25, 0.3) is 11.8 Å². The van der Waals surface area contributed by atoms with Crippen molar-refractivity contribution in [1.82, 2.24) is 10.3 Å². The maximum absolute atomic E-state index is 13.6. The van der Waals surface area contributed by atoms with Crippen LogP contribution in [0.4, 0.5) is 10.1 Å². The summed E-state index contributed by atoms with van der Waals surface area (Å²) in [5.41, 5.74) is 7.89. The first kappa shape index (κ1) is 26.8. The quantitative estimate of drug-likeness (QED) is 0.229. The second kappa shape index (κ2) is 12.8. The number of hydrogen-bond donors (Lipinski definition) is 2. The normalized spacial score (nSPS) is 13.0. The third kappa shape index (κ3) is 7.18. The maximum atomic E-state index is 13.6. The molecule has 0 atom stereocenters. The molecule has 40 heavy (non-hydrogen) atoms. The predicted molar refractivity (Wildman–Crippen MR) is 153 cm³/mol. The van der Waals surface area contributed by atoms with E-state index in [1.54, 1.807) is 36.4 Å². The zero-order valence-electron chi connectivity index (χ0n) is 21.8. The maximum Gasteiger partial charge on any atom is 0.271 e. The Morgan fingerprint density at radius 1 is 0.900 bits per heavy atom. The number of fused-ring (bicyclic) bond motifs is 1. The Hall–Kier alpha value is -4.82. The summed E-state index contributed by atoms with van der Waals surface area (Å²) in [6.07, 6.45) is 2.58. The highest BCUT2D eigenvalue weighted by Crippen LogP contribution is 2.20. The van der Waals surface area contributed by atoms with E-state index in [0.717, 1.165) is 37.2 Å². The van der Waals surface area contributed by atoms with Gasteiger partial charge < -0.3 is 10.1 Å². The van der Waals surface area contributed by atoms with Crippen LogP contribution in [0.1, 0.15) is 32.6 Å². The molecule has 0 aliphatic carbocycles. The van der Waals surface area contributed by atoms with E-state index in [0.29, 0.717) is 11.3 Å². The predicted octanol–water partition coefficient (Wildman–Crippen LogP) is 5.17. The van der Waals surface area contributed by atoms with Crippen LogP contribution in [0.15, 0.2) is 102 Å². The molecule has 8 heteroatoms. The van der Waals surface area contributed by atoms with Gasteiger partial charge in [-0.25, -0.2) is 9.82 Å². The van der Waals surface area contributed by atoms with Gasteiger partial charge in [-0.2, -0.15) is 5.10 Å². The van der Waals surface area contributed by atoms with Gasteiger partial charge in [-0.05, 0) is 77.2 Å². The van der Waals surface area contributed by atoms with E-state index in [1.807, 2.05) is 24.3 Å². The lowest BCUT2D eigenvalue weighted by molar-refractivity contribution is -0.118. The van der Waals surface area contributed by atoms with Crippen molar-refractivity contribution in [2.45, 2.75) is 19.5 Å². The Labute approximate surface area is 232 Å². The summed E-state index contributed by atoms with van der Waals surface area (Å²) >= 11 is 0. The molecule has 0 saturated heterocycles. The minimum absolute atomic E-state index is 0.101. The fraction of sp³-hybridized carbons (Fsp3) is 0.156. The number of nitrogens with one attached hydrogen (secondary N) is 2. The van der Waals surface area contributed by atoms with E-state index in [1.165, 1.54) is 29.5 Å². The molecule has 202 valence electrons. The van der Waals surface area contributed by atoms with Gasteiger partial charge in [0, 0.05) is 25.2 Å². The van der Waals surface area contributed by atoms with Crippen molar-refractivity contribution in [3.05, 3.63) is 131 Å². The summed E-state index contributed by atoms with van der Waals surface area (Å²) < 4.78 is 19.1. The zero-order chi connectivity index (χ0) is 27.7. The summed E-state index contributed by atoms with van der Waals surface area (Å²) in [6.45, 7) is 2.53. The van der Waals surface area contributed by atoms with Crippen molar-refractivity contribution in [1.29, 1.82) is 0 Å². The molecule has 4 aromatic rings. The molecule has 0 radical (unpaired) electrons. The largest absolute Gasteiger partial charge is 0.484 e. The van der Waals surface area contributed by atoms with Crippen LogP contribution in [-0.2, 0) is 24.3 Å². The number of rotatable bonds is 9. The first-order valence-corrected chi connectivity index (χ1v) is 13.0. The molecule has 0 bridgehead atoms. The standard InChI is InChI=1S/C32H29FN4O3/c33-29-7-3-4-8-30(29)35-31(38)22-40-28-15-11-23(12-16-28)19-34-36-32(39)26-13-9-24(10-14-26)20-37-18-17-25-5-1-2-6-27(25)21-37/h1-16,19H,17-18,20-22H2,(H,35,38)(H,36,39)/b34-19+. The van der Waals surface area contributed by atoms with Crippen molar-refractivity contribution < 1.29 is 18.7 Å². The zero-order valence-corrected chi connectivity index (χ0v) is 21.8. The average Bonchev–Trinajstić information content (AvgIpc) is 2.98. The second-order valence-electron chi connectivity index (χ2n) is 9.51. The molecule has 1 aliphatic heterocycles. The van der Waals surface area contributed by atoms with Gasteiger partial charge in [0.05, 0.1) is 11.9 Å². The molecule has 2 N–H and O–H groups in total. The van der Waals surface area contributed by atoms with Gasteiger partial charge in [0.2, 0.25) is 0 Å². The fourth-order valence-electron chi connectivity index (χ4n) is 4.49. The average molecular weight is 537 g/mol. The van der Waals surface area contributed by atoms with E-state index in [2.05, 4.69) is 45.0 Å². The third-order valence-corrected chi connectivity index (χ3v) is 6.61. The highest BCUT2D eigenvalue weighted by atomic mass is 19.1. The number of carbonyl (C=O) groups excluding carboxylic acids is 2. The molecule has 7 nitrogen and oxygen atoms in total. The lowest BCUT2D eigenvalue weighted by atomic mass is 9.99. The number of amides is 2. The van der Waals surface area contributed by atoms with Crippen molar-refractivity contribution >= 4 is 23.7 Å². The van der Waals surface area contributed by atoms with Gasteiger partial charge in [-0.3, -0.25) is 14.5 Å². The van der Waals surface area contributed by atoms with E-state index >= 15 is 0 Å². The minimum Gasteiger partial charge on any atom is -0.484 e. The Morgan fingerprint density at radius 3 is 2.40 bits per heavy atom. The van der Waals surface area contributed by atoms with Gasteiger partial charge in [-0.15, -0.1) is 0 Å². The van der Waals surface area contributed by atoms with E-state index < -0.39 is 11.7 Å². The first-order valence-electron chi connectivity index (χ1n) is 13.0. The smallest absolute Gasteiger partial charge is 0.271 e. The Morgan fingerprint density at radius 2 is 1.62 bits per heavy atom. The van der Waals surface area contributed by atoms with Gasteiger partial charge >= 0.3 is 0 Å². The summed E-state index contributed by atoms with van der Waals surface area (Å²) in [7, 11) is 0. The van der Waals surface area contributed by atoms with Crippen LogP contribution in [0.25, 0.3) is 0 Å². The number of nitrogens with zero attached hydrogens (tertiary/aromatic N) is 2. The van der Waals surface area contributed by atoms with Gasteiger partial charge in [-0.1, -0.05) is 48.5 Å². The van der Waals surface area contributed by atoms with Crippen molar-refractivity contribution in [3.63, 3.8) is 0 Å². The highest BCUT2D eigenvalue weighted by molar-refractivity contribution is 5.95. The van der Waals surface area contributed by atoms with Crippen LogP contribution in [0, 0.1) is 5.82 Å². The number of para-hydroxylation sites is 1. The van der Waals surface area contributed by atoms with Crippen LogP contribution in [0.3, 0.4) is 0 Å². The third-order valence-electron chi connectivity index (χ3n) is 6.61. The summed E-state index contributed by atoms with van der Waals surface area (Å²) in [4.78, 5) is 26.9. The van der Waals surface area contributed by atoms with Crippen LogP contribution < -0.4 is 15.5 Å². The lowest BCUT2D eigenvalue weighted by Gasteiger charge is -2.28.